The maximum atomic E-state index is 9.27. The SMILES string of the molecule is CC(O)CC(C)NCCC(C)c1ccccc1. The lowest BCUT2D eigenvalue weighted by molar-refractivity contribution is 0.170. The molecule has 0 saturated heterocycles. The molecule has 17 heavy (non-hydrogen) atoms. The molecule has 2 nitrogen and oxygen atoms in total. The Hall–Kier alpha value is -0.860. The lowest BCUT2D eigenvalue weighted by atomic mass is 9.98. The quantitative estimate of drug-likeness (QED) is 0.761. The Morgan fingerprint density at radius 1 is 1.12 bits per heavy atom. The van der Waals surface area contributed by atoms with Gasteiger partial charge in [-0.3, -0.25) is 0 Å². The number of hydrogen-bond acceptors (Lipinski definition) is 2. The summed E-state index contributed by atoms with van der Waals surface area (Å²) >= 11 is 0. The number of rotatable bonds is 7. The Morgan fingerprint density at radius 3 is 2.35 bits per heavy atom. The Bertz CT molecular complexity index is 297. The third-order valence-corrected chi connectivity index (χ3v) is 3.13. The van der Waals surface area contributed by atoms with Crippen LogP contribution in [0.4, 0.5) is 0 Å². The van der Waals surface area contributed by atoms with E-state index in [2.05, 4.69) is 49.5 Å². The molecule has 0 aromatic heterocycles. The largest absolute Gasteiger partial charge is 0.393 e. The lowest BCUT2D eigenvalue weighted by Gasteiger charge is -2.17. The summed E-state index contributed by atoms with van der Waals surface area (Å²) in [6, 6.07) is 11.0. The smallest absolute Gasteiger partial charge is 0.0526 e. The average Bonchev–Trinajstić information content (AvgIpc) is 2.29. The molecular weight excluding hydrogens is 210 g/mol. The summed E-state index contributed by atoms with van der Waals surface area (Å²) in [5, 5.41) is 12.7. The van der Waals surface area contributed by atoms with Crippen molar-refractivity contribution < 1.29 is 5.11 Å². The lowest BCUT2D eigenvalue weighted by Crippen LogP contribution is -2.30. The summed E-state index contributed by atoms with van der Waals surface area (Å²) in [6.07, 6.45) is 1.73. The van der Waals surface area contributed by atoms with Crippen molar-refractivity contribution >= 4 is 0 Å². The number of benzene rings is 1. The molecule has 0 aliphatic carbocycles. The zero-order valence-electron chi connectivity index (χ0n) is 11.2. The minimum Gasteiger partial charge on any atom is -0.393 e. The summed E-state index contributed by atoms with van der Waals surface area (Å²) in [5.74, 6) is 0.586. The topological polar surface area (TPSA) is 32.3 Å². The number of nitrogens with one attached hydrogen (secondary N) is 1. The van der Waals surface area contributed by atoms with Crippen LogP contribution < -0.4 is 5.32 Å². The first kappa shape index (κ1) is 14.2. The summed E-state index contributed by atoms with van der Waals surface area (Å²) < 4.78 is 0. The van der Waals surface area contributed by atoms with E-state index in [9.17, 15) is 5.11 Å². The standard InChI is InChI=1S/C15H25NO/c1-12(15-7-5-4-6-8-15)9-10-16-13(2)11-14(3)17/h4-8,12-14,16-17H,9-11H2,1-3H3. The monoisotopic (exact) mass is 235 g/mol. The minimum absolute atomic E-state index is 0.218. The van der Waals surface area contributed by atoms with Crippen LogP contribution in [0.25, 0.3) is 0 Å². The third kappa shape index (κ3) is 5.85. The van der Waals surface area contributed by atoms with Crippen molar-refractivity contribution in [3.8, 4) is 0 Å². The third-order valence-electron chi connectivity index (χ3n) is 3.13. The number of aliphatic hydroxyl groups is 1. The first-order valence-corrected chi connectivity index (χ1v) is 6.56. The highest BCUT2D eigenvalue weighted by Crippen LogP contribution is 2.17. The summed E-state index contributed by atoms with van der Waals surface area (Å²) in [4.78, 5) is 0. The van der Waals surface area contributed by atoms with Gasteiger partial charge < -0.3 is 10.4 Å². The van der Waals surface area contributed by atoms with Gasteiger partial charge in [0.15, 0.2) is 0 Å². The molecule has 0 saturated carbocycles. The fourth-order valence-electron chi connectivity index (χ4n) is 2.09. The summed E-state index contributed by atoms with van der Waals surface area (Å²) in [5.41, 5.74) is 1.40. The fourth-order valence-corrected chi connectivity index (χ4v) is 2.09. The molecule has 0 amide bonds. The summed E-state index contributed by atoms with van der Waals surface area (Å²) in [7, 11) is 0. The molecule has 2 N–H and O–H groups in total. The average molecular weight is 235 g/mol. The Kier molecular flexibility index (Phi) is 6.23. The van der Waals surface area contributed by atoms with Gasteiger partial charge in [0.05, 0.1) is 6.10 Å². The highest BCUT2D eigenvalue weighted by molar-refractivity contribution is 5.18. The van der Waals surface area contributed by atoms with Crippen LogP contribution in [0.15, 0.2) is 30.3 Å². The van der Waals surface area contributed by atoms with Gasteiger partial charge in [-0.2, -0.15) is 0 Å². The molecule has 0 fully saturated rings. The Morgan fingerprint density at radius 2 is 1.76 bits per heavy atom. The molecule has 0 bridgehead atoms. The molecule has 1 aromatic carbocycles. The van der Waals surface area contributed by atoms with Gasteiger partial charge >= 0.3 is 0 Å². The summed E-state index contributed by atoms with van der Waals surface area (Å²) in [6.45, 7) is 7.23. The van der Waals surface area contributed by atoms with Gasteiger partial charge in [-0.05, 0) is 44.7 Å². The number of hydrogen-bond donors (Lipinski definition) is 2. The van der Waals surface area contributed by atoms with Crippen LogP contribution in [0.2, 0.25) is 0 Å². The molecular formula is C15H25NO. The molecule has 0 aliphatic heterocycles. The molecule has 0 spiro atoms. The van der Waals surface area contributed by atoms with Gasteiger partial charge in [0, 0.05) is 6.04 Å². The van der Waals surface area contributed by atoms with Crippen molar-refractivity contribution in [3.05, 3.63) is 35.9 Å². The molecule has 0 heterocycles. The zero-order chi connectivity index (χ0) is 12.7. The van der Waals surface area contributed by atoms with Gasteiger partial charge in [-0.15, -0.1) is 0 Å². The van der Waals surface area contributed by atoms with E-state index in [0.717, 1.165) is 19.4 Å². The maximum Gasteiger partial charge on any atom is 0.0526 e. The van der Waals surface area contributed by atoms with Crippen molar-refractivity contribution in [3.63, 3.8) is 0 Å². The van der Waals surface area contributed by atoms with Crippen LogP contribution >= 0.6 is 0 Å². The zero-order valence-corrected chi connectivity index (χ0v) is 11.2. The number of aliphatic hydroxyl groups excluding tert-OH is 1. The van der Waals surface area contributed by atoms with Crippen molar-refractivity contribution in [1.29, 1.82) is 0 Å². The Labute approximate surface area is 105 Å². The van der Waals surface area contributed by atoms with E-state index >= 15 is 0 Å². The van der Waals surface area contributed by atoms with E-state index in [-0.39, 0.29) is 6.10 Å². The second-order valence-corrected chi connectivity index (χ2v) is 5.04. The van der Waals surface area contributed by atoms with Gasteiger partial charge in [0.1, 0.15) is 0 Å². The van der Waals surface area contributed by atoms with Crippen LogP contribution in [-0.2, 0) is 0 Å². The van der Waals surface area contributed by atoms with Crippen LogP contribution in [0.1, 0.15) is 45.1 Å². The first-order valence-electron chi connectivity index (χ1n) is 6.56. The highest BCUT2D eigenvalue weighted by Gasteiger charge is 2.07. The predicted molar refractivity (Wildman–Crippen MR) is 73.2 cm³/mol. The molecule has 96 valence electrons. The van der Waals surface area contributed by atoms with E-state index in [0.29, 0.717) is 12.0 Å². The fraction of sp³-hybridized carbons (Fsp3) is 0.600. The first-order chi connectivity index (χ1) is 8.09. The van der Waals surface area contributed by atoms with Crippen LogP contribution in [0, 0.1) is 0 Å². The van der Waals surface area contributed by atoms with E-state index in [1.54, 1.807) is 0 Å². The van der Waals surface area contributed by atoms with Crippen molar-refractivity contribution in [2.75, 3.05) is 6.54 Å². The van der Waals surface area contributed by atoms with Crippen LogP contribution in [0.5, 0.6) is 0 Å². The van der Waals surface area contributed by atoms with Gasteiger partial charge in [-0.1, -0.05) is 37.3 Å². The van der Waals surface area contributed by atoms with Crippen molar-refractivity contribution in [1.82, 2.24) is 5.32 Å². The molecule has 1 rings (SSSR count). The van der Waals surface area contributed by atoms with Gasteiger partial charge in [0.2, 0.25) is 0 Å². The van der Waals surface area contributed by atoms with Gasteiger partial charge in [0.25, 0.3) is 0 Å². The van der Waals surface area contributed by atoms with E-state index in [1.165, 1.54) is 5.56 Å². The van der Waals surface area contributed by atoms with Crippen LogP contribution in [-0.4, -0.2) is 23.8 Å². The second kappa shape index (κ2) is 7.46. The molecule has 0 aliphatic rings. The van der Waals surface area contributed by atoms with Gasteiger partial charge in [-0.25, -0.2) is 0 Å². The normalized spacial score (nSPS) is 16.5. The van der Waals surface area contributed by atoms with Crippen LogP contribution in [0.3, 0.4) is 0 Å². The highest BCUT2D eigenvalue weighted by atomic mass is 16.3. The minimum atomic E-state index is -0.218. The Balaban J connectivity index is 2.23. The molecule has 0 radical (unpaired) electrons. The molecule has 3 unspecified atom stereocenters. The second-order valence-electron chi connectivity index (χ2n) is 5.04. The van der Waals surface area contributed by atoms with Crippen molar-refractivity contribution in [2.45, 2.75) is 51.7 Å². The van der Waals surface area contributed by atoms with E-state index in [1.807, 2.05) is 6.92 Å². The molecule has 3 atom stereocenters. The predicted octanol–water partition coefficient (Wildman–Crippen LogP) is 2.93. The van der Waals surface area contributed by atoms with E-state index in [4.69, 9.17) is 0 Å². The molecule has 1 aromatic rings. The van der Waals surface area contributed by atoms with E-state index < -0.39 is 0 Å². The maximum absolute atomic E-state index is 9.27. The molecule has 2 heteroatoms. The van der Waals surface area contributed by atoms with Crippen molar-refractivity contribution in [2.24, 2.45) is 0 Å².